The number of hydrogen-bond donors (Lipinski definition) is 3. The molecule has 0 saturated carbocycles. The molecule has 3 N–H and O–H groups in total. The predicted molar refractivity (Wildman–Crippen MR) is 52.6 cm³/mol. The molecule has 1 saturated heterocycles. The van der Waals surface area contributed by atoms with E-state index in [1.165, 1.54) is 0 Å². The van der Waals surface area contributed by atoms with Crippen molar-refractivity contribution in [2.45, 2.75) is 0 Å². The van der Waals surface area contributed by atoms with E-state index in [0.717, 1.165) is 11.3 Å². The van der Waals surface area contributed by atoms with Crippen molar-refractivity contribution in [2.75, 3.05) is 6.54 Å². The molecule has 0 atom stereocenters. The van der Waals surface area contributed by atoms with Crippen LogP contribution in [0.4, 0.5) is 4.79 Å². The third-order valence-electron chi connectivity index (χ3n) is 1.95. The molecular weight excluding hydrogens is 180 g/mol. The molecule has 4 heteroatoms. The van der Waals surface area contributed by atoms with E-state index in [4.69, 9.17) is 5.11 Å². The highest BCUT2D eigenvalue weighted by atomic mass is 16.3. The van der Waals surface area contributed by atoms with Gasteiger partial charge in [0.2, 0.25) is 0 Å². The van der Waals surface area contributed by atoms with E-state index in [0.29, 0.717) is 6.54 Å². The molecule has 4 nitrogen and oxygen atoms in total. The minimum absolute atomic E-state index is 0.171. The summed E-state index contributed by atoms with van der Waals surface area (Å²) in [5.41, 5.74) is 1.78. The van der Waals surface area contributed by atoms with Gasteiger partial charge in [-0.15, -0.1) is 0 Å². The van der Waals surface area contributed by atoms with Crippen LogP contribution in [0.5, 0.6) is 5.75 Å². The van der Waals surface area contributed by atoms with Gasteiger partial charge in [0.25, 0.3) is 0 Å². The van der Waals surface area contributed by atoms with E-state index in [1.54, 1.807) is 24.3 Å². The summed E-state index contributed by atoms with van der Waals surface area (Å²) in [5.74, 6) is 0.237. The summed E-state index contributed by atoms with van der Waals surface area (Å²) >= 11 is 0. The summed E-state index contributed by atoms with van der Waals surface area (Å²) in [6.45, 7) is 0.527. The van der Waals surface area contributed by atoms with Gasteiger partial charge in [0, 0.05) is 5.70 Å². The van der Waals surface area contributed by atoms with Crippen molar-refractivity contribution in [3.05, 3.63) is 35.5 Å². The molecule has 0 unspecified atom stereocenters. The van der Waals surface area contributed by atoms with Crippen LogP contribution in [0, 0.1) is 0 Å². The third kappa shape index (κ3) is 1.85. The Kier molecular flexibility index (Phi) is 2.10. The standard InChI is InChI=1S/C10H10N2O2/c13-9-3-1-7(2-4-9)5-8-6-11-10(14)12-8/h1-5,13H,6H2,(H2,11,12,14)/b8-5-. The highest BCUT2D eigenvalue weighted by molar-refractivity contribution is 5.81. The maximum atomic E-state index is 10.8. The molecule has 0 aliphatic carbocycles. The van der Waals surface area contributed by atoms with Crippen molar-refractivity contribution >= 4 is 12.1 Å². The average molecular weight is 190 g/mol. The third-order valence-corrected chi connectivity index (χ3v) is 1.95. The number of carbonyl (C=O) groups excluding carboxylic acids is 1. The SMILES string of the molecule is O=C1NC/C(=C/c2ccc(O)cc2)N1. The predicted octanol–water partition coefficient (Wildman–Crippen LogP) is 1.05. The van der Waals surface area contributed by atoms with Crippen LogP contribution < -0.4 is 10.6 Å². The van der Waals surface area contributed by atoms with E-state index < -0.39 is 0 Å². The van der Waals surface area contributed by atoms with Crippen molar-refractivity contribution in [1.82, 2.24) is 10.6 Å². The van der Waals surface area contributed by atoms with Gasteiger partial charge in [-0.1, -0.05) is 12.1 Å². The van der Waals surface area contributed by atoms with Gasteiger partial charge < -0.3 is 15.7 Å². The zero-order chi connectivity index (χ0) is 9.97. The zero-order valence-electron chi connectivity index (χ0n) is 7.45. The van der Waals surface area contributed by atoms with Crippen molar-refractivity contribution in [1.29, 1.82) is 0 Å². The molecule has 1 aromatic carbocycles. The first kappa shape index (κ1) is 8.62. The Balaban J connectivity index is 2.17. The second-order valence-electron chi connectivity index (χ2n) is 3.07. The number of amides is 2. The molecule has 1 fully saturated rings. The molecule has 1 aromatic rings. The minimum Gasteiger partial charge on any atom is -0.508 e. The van der Waals surface area contributed by atoms with E-state index in [1.807, 2.05) is 6.08 Å². The number of benzene rings is 1. The lowest BCUT2D eigenvalue weighted by molar-refractivity contribution is 0.249. The Morgan fingerprint density at radius 1 is 1.29 bits per heavy atom. The van der Waals surface area contributed by atoms with Gasteiger partial charge >= 0.3 is 6.03 Å². The zero-order valence-corrected chi connectivity index (χ0v) is 7.45. The monoisotopic (exact) mass is 190 g/mol. The molecule has 0 aromatic heterocycles. The van der Waals surface area contributed by atoms with E-state index in [2.05, 4.69) is 10.6 Å². The van der Waals surface area contributed by atoms with Gasteiger partial charge in [0.05, 0.1) is 6.54 Å². The van der Waals surface area contributed by atoms with Crippen LogP contribution in [0.1, 0.15) is 5.56 Å². The van der Waals surface area contributed by atoms with Gasteiger partial charge in [-0.2, -0.15) is 0 Å². The van der Waals surface area contributed by atoms with E-state index >= 15 is 0 Å². The normalized spacial score (nSPS) is 18.0. The highest BCUT2D eigenvalue weighted by Gasteiger charge is 2.11. The number of nitrogens with one attached hydrogen (secondary N) is 2. The van der Waals surface area contributed by atoms with Gasteiger partial charge in [-0.05, 0) is 23.8 Å². The molecule has 0 spiro atoms. The molecule has 0 radical (unpaired) electrons. The number of phenolic OH excluding ortho intramolecular Hbond substituents is 1. The van der Waals surface area contributed by atoms with Crippen LogP contribution in [0.3, 0.4) is 0 Å². The smallest absolute Gasteiger partial charge is 0.319 e. The number of aromatic hydroxyl groups is 1. The molecule has 2 amide bonds. The molecule has 2 rings (SSSR count). The first-order valence-electron chi connectivity index (χ1n) is 4.28. The van der Waals surface area contributed by atoms with Crippen molar-refractivity contribution in [3.8, 4) is 5.75 Å². The summed E-state index contributed by atoms with van der Waals surface area (Å²) in [4.78, 5) is 10.8. The summed E-state index contributed by atoms with van der Waals surface area (Å²) < 4.78 is 0. The van der Waals surface area contributed by atoms with Crippen LogP contribution in [-0.2, 0) is 0 Å². The fourth-order valence-electron chi connectivity index (χ4n) is 1.27. The average Bonchev–Trinajstić information content (AvgIpc) is 2.56. The van der Waals surface area contributed by atoms with Crippen LogP contribution in [0.2, 0.25) is 0 Å². The summed E-state index contributed by atoms with van der Waals surface area (Å²) in [5, 5.41) is 14.4. The lowest BCUT2D eigenvalue weighted by Crippen LogP contribution is -2.19. The lowest BCUT2D eigenvalue weighted by atomic mass is 10.2. The summed E-state index contributed by atoms with van der Waals surface area (Å²) in [7, 11) is 0. The molecule has 0 bridgehead atoms. The van der Waals surface area contributed by atoms with Crippen LogP contribution in [0.25, 0.3) is 6.08 Å². The Hall–Kier alpha value is -1.97. The summed E-state index contributed by atoms with van der Waals surface area (Å²) in [6, 6.07) is 6.61. The molecule has 72 valence electrons. The van der Waals surface area contributed by atoms with Crippen molar-refractivity contribution < 1.29 is 9.90 Å². The Bertz CT molecular complexity index is 382. The Morgan fingerprint density at radius 2 is 2.00 bits per heavy atom. The number of urea groups is 1. The van der Waals surface area contributed by atoms with Gasteiger partial charge in [0.15, 0.2) is 0 Å². The lowest BCUT2D eigenvalue weighted by Gasteiger charge is -1.97. The summed E-state index contributed by atoms with van der Waals surface area (Å²) in [6.07, 6.45) is 1.86. The molecule has 1 heterocycles. The number of carbonyl (C=O) groups is 1. The first-order valence-corrected chi connectivity index (χ1v) is 4.28. The Morgan fingerprint density at radius 3 is 2.57 bits per heavy atom. The van der Waals surface area contributed by atoms with Crippen LogP contribution in [0.15, 0.2) is 30.0 Å². The van der Waals surface area contributed by atoms with E-state index in [-0.39, 0.29) is 11.8 Å². The first-order chi connectivity index (χ1) is 6.74. The highest BCUT2D eigenvalue weighted by Crippen LogP contribution is 2.12. The van der Waals surface area contributed by atoms with Gasteiger partial charge in [0.1, 0.15) is 5.75 Å². The fourth-order valence-corrected chi connectivity index (χ4v) is 1.27. The molecular formula is C10H10N2O2. The van der Waals surface area contributed by atoms with Crippen LogP contribution in [-0.4, -0.2) is 17.7 Å². The quantitative estimate of drug-likeness (QED) is 0.619. The second kappa shape index (κ2) is 3.41. The van der Waals surface area contributed by atoms with Gasteiger partial charge in [-0.3, -0.25) is 0 Å². The van der Waals surface area contributed by atoms with Gasteiger partial charge in [-0.25, -0.2) is 4.79 Å². The van der Waals surface area contributed by atoms with Crippen molar-refractivity contribution in [3.63, 3.8) is 0 Å². The molecule has 1 aliphatic heterocycles. The minimum atomic E-state index is -0.171. The maximum Gasteiger partial charge on any atom is 0.319 e. The fraction of sp³-hybridized carbons (Fsp3) is 0.100. The van der Waals surface area contributed by atoms with E-state index in [9.17, 15) is 4.79 Å². The Labute approximate surface area is 81.3 Å². The van der Waals surface area contributed by atoms with Crippen LogP contribution >= 0.6 is 0 Å². The topological polar surface area (TPSA) is 61.4 Å². The number of hydrogen-bond acceptors (Lipinski definition) is 2. The largest absolute Gasteiger partial charge is 0.508 e. The number of rotatable bonds is 1. The molecule has 14 heavy (non-hydrogen) atoms. The number of phenols is 1. The molecule has 1 aliphatic rings. The van der Waals surface area contributed by atoms with Crippen molar-refractivity contribution in [2.24, 2.45) is 0 Å². The second-order valence-corrected chi connectivity index (χ2v) is 3.07. The maximum absolute atomic E-state index is 10.8.